The molecule has 0 aliphatic rings. The van der Waals surface area contributed by atoms with Crippen LogP contribution in [0.5, 0.6) is 0 Å². The summed E-state index contributed by atoms with van der Waals surface area (Å²) in [4.78, 5) is 4.07. The Balaban J connectivity index is 2.32. The lowest BCUT2D eigenvalue weighted by molar-refractivity contribution is 0.162. The summed E-state index contributed by atoms with van der Waals surface area (Å²) >= 11 is 0. The van der Waals surface area contributed by atoms with Gasteiger partial charge in [0.1, 0.15) is 0 Å². The topological polar surface area (TPSA) is 79.3 Å². The molecule has 0 radical (unpaired) electrons. The van der Waals surface area contributed by atoms with Crippen molar-refractivity contribution in [3.8, 4) is 0 Å². The van der Waals surface area contributed by atoms with Crippen molar-refractivity contribution in [2.75, 3.05) is 12.3 Å². The molecule has 2 N–H and O–H groups in total. The van der Waals surface area contributed by atoms with Gasteiger partial charge in [-0.15, -0.1) is 0 Å². The number of nitrogens with one attached hydrogen (secondary N) is 1. The number of nitrogens with zero attached hydrogens (tertiary/aromatic N) is 1. The molecular formula is C12H20N2O3S. The zero-order valence-corrected chi connectivity index (χ0v) is 11.4. The molecule has 1 aromatic rings. The molecule has 0 spiro atoms. The maximum atomic E-state index is 11.7. The smallest absolute Gasteiger partial charge is 0.211 e. The maximum Gasteiger partial charge on any atom is 0.211 e. The van der Waals surface area contributed by atoms with Crippen LogP contribution in [-0.2, 0) is 16.4 Å². The number of aliphatic hydroxyl groups is 1. The Morgan fingerprint density at radius 3 is 2.83 bits per heavy atom. The van der Waals surface area contributed by atoms with Crippen LogP contribution in [0.1, 0.15) is 25.5 Å². The Kier molecular flexibility index (Phi) is 6.24. The minimum atomic E-state index is -3.28. The van der Waals surface area contributed by atoms with Gasteiger partial charge in [-0.2, -0.15) is 0 Å². The Hall–Kier alpha value is -0.980. The van der Waals surface area contributed by atoms with Crippen LogP contribution in [0.4, 0.5) is 0 Å². The Labute approximate surface area is 108 Å². The van der Waals surface area contributed by atoms with Crippen LogP contribution in [0.15, 0.2) is 24.4 Å². The van der Waals surface area contributed by atoms with Crippen LogP contribution in [-0.4, -0.2) is 36.9 Å². The lowest BCUT2D eigenvalue weighted by Crippen LogP contribution is -2.30. The van der Waals surface area contributed by atoms with Gasteiger partial charge in [-0.05, 0) is 25.0 Å². The summed E-state index contributed by atoms with van der Waals surface area (Å²) in [6.45, 7) is 2.14. The van der Waals surface area contributed by atoms with Crippen LogP contribution in [0.2, 0.25) is 0 Å². The molecule has 1 atom stereocenters. The largest absolute Gasteiger partial charge is 0.393 e. The molecule has 1 rings (SSSR count). The Morgan fingerprint density at radius 1 is 1.44 bits per heavy atom. The summed E-state index contributed by atoms with van der Waals surface area (Å²) in [5.74, 6) is 0.0201. The molecule has 1 unspecified atom stereocenters. The van der Waals surface area contributed by atoms with Gasteiger partial charge in [-0.1, -0.05) is 13.0 Å². The lowest BCUT2D eigenvalue weighted by atomic mass is 10.2. The number of aryl methyl sites for hydroxylation is 1. The fourth-order valence-corrected chi connectivity index (χ4v) is 2.49. The van der Waals surface area contributed by atoms with Crippen LogP contribution in [0, 0.1) is 0 Å². The van der Waals surface area contributed by atoms with Gasteiger partial charge in [0.2, 0.25) is 10.0 Å². The predicted molar refractivity (Wildman–Crippen MR) is 70.6 cm³/mol. The number of hydrogen-bond donors (Lipinski definition) is 2. The monoisotopic (exact) mass is 272 g/mol. The fraction of sp³-hybridized carbons (Fsp3) is 0.583. The number of aliphatic hydroxyl groups excluding tert-OH is 1. The van der Waals surface area contributed by atoms with E-state index in [0.29, 0.717) is 19.3 Å². The normalized spacial score (nSPS) is 13.4. The van der Waals surface area contributed by atoms with Crippen molar-refractivity contribution in [1.82, 2.24) is 9.71 Å². The molecule has 0 saturated heterocycles. The third-order valence-corrected chi connectivity index (χ3v) is 4.01. The summed E-state index contributed by atoms with van der Waals surface area (Å²) in [5.41, 5.74) is 0.761. The predicted octanol–water partition coefficient (Wildman–Crippen LogP) is 0.704. The van der Waals surface area contributed by atoms with Gasteiger partial charge in [0.05, 0.1) is 11.9 Å². The van der Waals surface area contributed by atoms with Gasteiger partial charge in [-0.25, -0.2) is 13.1 Å². The molecule has 0 fully saturated rings. The van der Waals surface area contributed by atoms with E-state index in [9.17, 15) is 13.5 Å². The lowest BCUT2D eigenvalue weighted by Gasteiger charge is -2.09. The van der Waals surface area contributed by atoms with Gasteiger partial charge in [0, 0.05) is 24.9 Å². The van der Waals surface area contributed by atoms with E-state index in [1.54, 1.807) is 18.3 Å². The second kappa shape index (κ2) is 7.45. The number of hydrogen-bond acceptors (Lipinski definition) is 4. The molecule has 5 nitrogen and oxygen atoms in total. The Bertz CT molecular complexity index is 434. The van der Waals surface area contributed by atoms with E-state index in [0.717, 1.165) is 5.69 Å². The van der Waals surface area contributed by atoms with Crippen molar-refractivity contribution in [3.05, 3.63) is 30.1 Å². The van der Waals surface area contributed by atoms with Crippen LogP contribution in [0.3, 0.4) is 0 Å². The summed E-state index contributed by atoms with van der Waals surface area (Å²) < 4.78 is 25.8. The second-order valence-electron chi connectivity index (χ2n) is 4.14. The summed E-state index contributed by atoms with van der Waals surface area (Å²) in [5, 5.41) is 9.32. The first-order valence-corrected chi connectivity index (χ1v) is 7.74. The first-order valence-electron chi connectivity index (χ1n) is 6.09. The number of sulfonamides is 1. The fourth-order valence-electron chi connectivity index (χ4n) is 1.44. The van der Waals surface area contributed by atoms with Gasteiger partial charge in [0.15, 0.2) is 0 Å². The molecular weight excluding hydrogens is 252 g/mol. The summed E-state index contributed by atoms with van der Waals surface area (Å²) in [6.07, 6.45) is 2.68. The van der Waals surface area contributed by atoms with E-state index in [-0.39, 0.29) is 12.3 Å². The van der Waals surface area contributed by atoms with E-state index in [4.69, 9.17) is 0 Å². The van der Waals surface area contributed by atoms with Gasteiger partial charge in [-0.3, -0.25) is 4.98 Å². The molecule has 18 heavy (non-hydrogen) atoms. The standard InChI is InChI=1S/C12H20N2O3S/c1-2-12(15)6-9-14-18(16,17)10-7-11-5-3-4-8-13-11/h3-5,8,12,14-15H,2,6-7,9-10H2,1H3. The maximum absolute atomic E-state index is 11.7. The SMILES string of the molecule is CCC(O)CCNS(=O)(=O)CCc1ccccn1. The van der Waals surface area contributed by atoms with E-state index in [1.165, 1.54) is 0 Å². The minimum Gasteiger partial charge on any atom is -0.393 e. The van der Waals surface area contributed by atoms with E-state index in [2.05, 4.69) is 9.71 Å². The van der Waals surface area contributed by atoms with Crippen LogP contribution >= 0.6 is 0 Å². The molecule has 1 aromatic heterocycles. The molecule has 0 bridgehead atoms. The third-order valence-electron chi connectivity index (χ3n) is 2.62. The first-order chi connectivity index (χ1) is 8.53. The van der Waals surface area contributed by atoms with E-state index in [1.807, 2.05) is 13.0 Å². The average Bonchev–Trinajstić information content (AvgIpc) is 2.37. The minimum absolute atomic E-state index is 0.0201. The zero-order chi connectivity index (χ0) is 13.4. The van der Waals surface area contributed by atoms with E-state index >= 15 is 0 Å². The molecule has 0 aliphatic heterocycles. The highest BCUT2D eigenvalue weighted by atomic mass is 32.2. The molecule has 1 heterocycles. The molecule has 0 aromatic carbocycles. The molecule has 0 amide bonds. The highest BCUT2D eigenvalue weighted by molar-refractivity contribution is 7.89. The zero-order valence-electron chi connectivity index (χ0n) is 10.5. The Morgan fingerprint density at radius 2 is 2.22 bits per heavy atom. The van der Waals surface area contributed by atoms with Crippen LogP contribution in [0.25, 0.3) is 0 Å². The average molecular weight is 272 g/mol. The highest BCUT2D eigenvalue weighted by Gasteiger charge is 2.11. The van der Waals surface area contributed by atoms with Crippen molar-refractivity contribution < 1.29 is 13.5 Å². The number of rotatable bonds is 8. The summed E-state index contributed by atoms with van der Waals surface area (Å²) in [7, 11) is -3.28. The quantitative estimate of drug-likeness (QED) is 0.730. The summed E-state index contributed by atoms with van der Waals surface area (Å²) in [6, 6.07) is 5.43. The first kappa shape index (κ1) is 15.1. The van der Waals surface area contributed by atoms with Gasteiger partial charge < -0.3 is 5.11 Å². The molecule has 6 heteroatoms. The van der Waals surface area contributed by atoms with Crippen molar-refractivity contribution in [2.24, 2.45) is 0 Å². The number of pyridine rings is 1. The van der Waals surface area contributed by atoms with Crippen molar-refractivity contribution in [3.63, 3.8) is 0 Å². The molecule has 102 valence electrons. The van der Waals surface area contributed by atoms with E-state index < -0.39 is 16.1 Å². The molecule has 0 aliphatic carbocycles. The molecule has 0 saturated carbocycles. The van der Waals surface area contributed by atoms with Gasteiger partial charge >= 0.3 is 0 Å². The van der Waals surface area contributed by atoms with Crippen LogP contribution < -0.4 is 4.72 Å². The van der Waals surface area contributed by atoms with Crippen molar-refractivity contribution >= 4 is 10.0 Å². The van der Waals surface area contributed by atoms with Gasteiger partial charge in [0.25, 0.3) is 0 Å². The second-order valence-corrected chi connectivity index (χ2v) is 6.06. The van der Waals surface area contributed by atoms with Crippen molar-refractivity contribution in [1.29, 1.82) is 0 Å². The highest BCUT2D eigenvalue weighted by Crippen LogP contribution is 1.99. The third kappa shape index (κ3) is 6.09. The number of aromatic nitrogens is 1. The van der Waals surface area contributed by atoms with Crippen molar-refractivity contribution in [2.45, 2.75) is 32.3 Å².